The van der Waals surface area contributed by atoms with Gasteiger partial charge in [0, 0.05) is 22.9 Å². The van der Waals surface area contributed by atoms with Gasteiger partial charge in [0.15, 0.2) is 0 Å². The predicted molar refractivity (Wildman–Crippen MR) is 124 cm³/mol. The maximum atomic E-state index is 13.5. The van der Waals surface area contributed by atoms with Gasteiger partial charge in [-0.05, 0) is 55.8 Å². The number of anilines is 2. The summed E-state index contributed by atoms with van der Waals surface area (Å²) >= 11 is 0. The highest BCUT2D eigenvalue weighted by atomic mass is 19.1. The molecule has 0 unspecified atom stereocenters. The maximum absolute atomic E-state index is 13.5. The van der Waals surface area contributed by atoms with Crippen LogP contribution in [0.5, 0.6) is 0 Å². The molecule has 6 heteroatoms. The fourth-order valence-corrected chi connectivity index (χ4v) is 3.30. The topological polar surface area (TPSA) is 66.9 Å². The van der Waals surface area contributed by atoms with Gasteiger partial charge in [-0.2, -0.15) is 0 Å². The number of carbonyl (C=O) groups is 1. The van der Waals surface area contributed by atoms with Crippen molar-refractivity contribution in [3.8, 4) is 11.3 Å². The Morgan fingerprint density at radius 1 is 0.938 bits per heavy atom. The molecule has 4 aromatic rings. The van der Waals surface area contributed by atoms with E-state index in [2.05, 4.69) is 20.6 Å². The second-order valence-electron chi connectivity index (χ2n) is 7.61. The fraction of sp³-hybridized carbons (Fsp3) is 0.115. The van der Waals surface area contributed by atoms with Gasteiger partial charge in [0.1, 0.15) is 18.0 Å². The maximum Gasteiger partial charge on any atom is 0.251 e. The van der Waals surface area contributed by atoms with Crippen LogP contribution >= 0.6 is 0 Å². The third-order valence-corrected chi connectivity index (χ3v) is 5.13. The molecule has 0 saturated carbocycles. The third kappa shape index (κ3) is 5.16. The van der Waals surface area contributed by atoms with Gasteiger partial charge >= 0.3 is 0 Å². The quantitative estimate of drug-likeness (QED) is 0.407. The summed E-state index contributed by atoms with van der Waals surface area (Å²) in [4.78, 5) is 21.1. The van der Waals surface area contributed by atoms with Gasteiger partial charge in [0.05, 0.1) is 11.7 Å². The van der Waals surface area contributed by atoms with E-state index in [1.54, 1.807) is 30.3 Å². The predicted octanol–water partition coefficient (Wildman–Crippen LogP) is 5.83. The van der Waals surface area contributed by atoms with Gasteiger partial charge in [-0.25, -0.2) is 14.4 Å². The van der Waals surface area contributed by atoms with Crippen LogP contribution < -0.4 is 10.6 Å². The second-order valence-corrected chi connectivity index (χ2v) is 7.61. The molecular weight excluding hydrogens is 403 g/mol. The Morgan fingerprint density at radius 3 is 2.41 bits per heavy atom. The van der Waals surface area contributed by atoms with Gasteiger partial charge in [0.2, 0.25) is 0 Å². The van der Waals surface area contributed by atoms with Gasteiger partial charge in [-0.3, -0.25) is 4.79 Å². The van der Waals surface area contributed by atoms with Crippen molar-refractivity contribution >= 4 is 17.4 Å². The Kier molecular flexibility index (Phi) is 6.22. The van der Waals surface area contributed by atoms with Crippen LogP contribution in [0.4, 0.5) is 15.9 Å². The van der Waals surface area contributed by atoms with Crippen LogP contribution in [0.2, 0.25) is 0 Å². The molecule has 0 aliphatic carbocycles. The Hall–Kier alpha value is -4.06. The van der Waals surface area contributed by atoms with Crippen LogP contribution in [-0.4, -0.2) is 15.9 Å². The summed E-state index contributed by atoms with van der Waals surface area (Å²) in [5.74, 6) is 0.116. The Balaban J connectivity index is 1.42. The first-order valence-corrected chi connectivity index (χ1v) is 10.3. The minimum Gasteiger partial charge on any atom is -0.346 e. The van der Waals surface area contributed by atoms with E-state index in [0.717, 1.165) is 11.3 Å². The molecule has 0 aliphatic heterocycles. The summed E-state index contributed by atoms with van der Waals surface area (Å²) in [6.07, 6.45) is 1.43. The number of rotatable bonds is 6. The van der Waals surface area contributed by atoms with Gasteiger partial charge in [0.25, 0.3) is 5.91 Å². The largest absolute Gasteiger partial charge is 0.346 e. The number of hydrogen-bond acceptors (Lipinski definition) is 4. The van der Waals surface area contributed by atoms with Crippen LogP contribution in [0.1, 0.15) is 34.5 Å². The first-order valence-electron chi connectivity index (χ1n) is 10.3. The summed E-state index contributed by atoms with van der Waals surface area (Å²) in [7, 11) is 0. The summed E-state index contributed by atoms with van der Waals surface area (Å²) in [6.45, 7) is 4.00. The van der Waals surface area contributed by atoms with Crippen molar-refractivity contribution in [2.45, 2.75) is 19.9 Å². The van der Waals surface area contributed by atoms with Crippen LogP contribution in [0.15, 0.2) is 85.2 Å². The Morgan fingerprint density at radius 2 is 1.69 bits per heavy atom. The van der Waals surface area contributed by atoms with E-state index < -0.39 is 0 Å². The number of nitrogens with one attached hydrogen (secondary N) is 2. The lowest BCUT2D eigenvalue weighted by Gasteiger charge is -2.15. The van der Waals surface area contributed by atoms with Crippen molar-refractivity contribution in [2.24, 2.45) is 0 Å². The average Bonchev–Trinajstić information content (AvgIpc) is 2.80. The number of nitrogens with zero attached hydrogens (tertiary/aromatic N) is 2. The van der Waals surface area contributed by atoms with Crippen molar-refractivity contribution in [1.29, 1.82) is 0 Å². The van der Waals surface area contributed by atoms with Gasteiger partial charge < -0.3 is 10.6 Å². The Labute approximate surface area is 186 Å². The smallest absolute Gasteiger partial charge is 0.251 e. The standard InChI is InChI=1S/C26H23FN4O/c1-17-6-8-19(9-7-17)18(2)30-26(32)20-10-12-23(13-11-20)31-25-15-24(28-16-29-25)21-4-3-5-22(27)14-21/h3-16,18H,1-2H3,(H,30,32)(H,28,29,31)/t18-/m1/s1. The molecule has 0 aliphatic rings. The molecule has 5 nitrogen and oxygen atoms in total. The number of halogens is 1. The minimum absolute atomic E-state index is 0.0943. The van der Waals surface area contributed by atoms with Crippen molar-refractivity contribution < 1.29 is 9.18 Å². The zero-order valence-corrected chi connectivity index (χ0v) is 17.8. The molecule has 32 heavy (non-hydrogen) atoms. The SMILES string of the molecule is Cc1ccc([C@@H](C)NC(=O)c2ccc(Nc3cc(-c4cccc(F)c4)ncn3)cc2)cc1. The van der Waals surface area contributed by atoms with Crippen LogP contribution in [-0.2, 0) is 0 Å². The van der Waals surface area contributed by atoms with Gasteiger partial charge in [-0.15, -0.1) is 0 Å². The highest BCUT2D eigenvalue weighted by Crippen LogP contribution is 2.22. The Bertz CT molecular complexity index is 1220. The molecule has 0 saturated heterocycles. The molecule has 1 aromatic heterocycles. The van der Waals surface area contributed by atoms with E-state index in [1.807, 2.05) is 50.2 Å². The molecule has 0 spiro atoms. The lowest BCUT2D eigenvalue weighted by Crippen LogP contribution is -2.26. The van der Waals surface area contributed by atoms with Crippen LogP contribution in [0.25, 0.3) is 11.3 Å². The molecule has 1 heterocycles. The summed E-state index contributed by atoms with van der Waals surface area (Å²) in [5, 5.41) is 6.21. The lowest BCUT2D eigenvalue weighted by atomic mass is 10.1. The van der Waals surface area contributed by atoms with E-state index in [0.29, 0.717) is 22.6 Å². The molecule has 0 bridgehead atoms. The zero-order chi connectivity index (χ0) is 22.5. The van der Waals surface area contributed by atoms with E-state index in [4.69, 9.17) is 0 Å². The highest BCUT2D eigenvalue weighted by molar-refractivity contribution is 5.94. The number of hydrogen-bond donors (Lipinski definition) is 2. The third-order valence-electron chi connectivity index (χ3n) is 5.13. The van der Waals surface area contributed by atoms with Crippen molar-refractivity contribution in [3.05, 3.63) is 108 Å². The number of carbonyl (C=O) groups excluding carboxylic acids is 1. The van der Waals surface area contributed by atoms with Crippen LogP contribution in [0.3, 0.4) is 0 Å². The van der Waals surface area contributed by atoms with Gasteiger partial charge in [-0.1, -0.05) is 42.0 Å². The van der Waals surface area contributed by atoms with Crippen molar-refractivity contribution in [3.63, 3.8) is 0 Å². The molecule has 1 atom stereocenters. The molecule has 0 fully saturated rings. The number of aryl methyl sites for hydroxylation is 1. The molecule has 2 N–H and O–H groups in total. The monoisotopic (exact) mass is 426 g/mol. The average molecular weight is 426 g/mol. The first kappa shape index (κ1) is 21.2. The molecule has 1 amide bonds. The second kappa shape index (κ2) is 9.39. The minimum atomic E-state index is -0.318. The molecule has 0 radical (unpaired) electrons. The van der Waals surface area contributed by atoms with Crippen molar-refractivity contribution in [1.82, 2.24) is 15.3 Å². The number of aromatic nitrogens is 2. The molecule has 160 valence electrons. The number of benzene rings is 3. The summed E-state index contributed by atoms with van der Waals surface area (Å²) in [6, 6.07) is 23.2. The van der Waals surface area contributed by atoms with Crippen molar-refractivity contribution in [2.75, 3.05) is 5.32 Å². The lowest BCUT2D eigenvalue weighted by molar-refractivity contribution is 0.0940. The first-order chi connectivity index (χ1) is 15.5. The van der Waals surface area contributed by atoms with E-state index in [-0.39, 0.29) is 17.8 Å². The van der Waals surface area contributed by atoms with E-state index in [9.17, 15) is 9.18 Å². The molecule has 3 aromatic carbocycles. The highest BCUT2D eigenvalue weighted by Gasteiger charge is 2.11. The van der Waals surface area contributed by atoms with Crippen LogP contribution in [0, 0.1) is 12.7 Å². The summed E-state index contributed by atoms with van der Waals surface area (Å²) in [5.41, 5.74) is 4.87. The zero-order valence-electron chi connectivity index (χ0n) is 17.8. The van der Waals surface area contributed by atoms with E-state index in [1.165, 1.54) is 24.0 Å². The number of amides is 1. The summed E-state index contributed by atoms with van der Waals surface area (Å²) < 4.78 is 13.5. The molecular formula is C26H23FN4O. The fourth-order valence-electron chi connectivity index (χ4n) is 3.30. The molecule has 4 rings (SSSR count). The normalized spacial score (nSPS) is 11.6. The van der Waals surface area contributed by atoms with E-state index >= 15 is 0 Å².